The fourth-order valence-corrected chi connectivity index (χ4v) is 2.20. The average Bonchev–Trinajstić information content (AvgIpc) is 2.69. The van der Waals surface area contributed by atoms with Gasteiger partial charge in [-0.25, -0.2) is 0 Å². The van der Waals surface area contributed by atoms with Crippen LogP contribution >= 0.6 is 0 Å². The molecular formula is C14H21NO. The molecule has 0 amide bonds. The van der Waals surface area contributed by atoms with Crippen LogP contribution in [0.1, 0.15) is 39.2 Å². The SMILES string of the molecule is CC(C)(C)c1ccc(O)c(N2CCCC2)c1. The lowest BCUT2D eigenvalue weighted by atomic mass is 9.86. The highest BCUT2D eigenvalue weighted by molar-refractivity contribution is 5.60. The molecule has 0 spiro atoms. The van der Waals surface area contributed by atoms with E-state index in [1.54, 1.807) is 0 Å². The molecule has 0 radical (unpaired) electrons. The molecule has 2 rings (SSSR count). The van der Waals surface area contributed by atoms with Gasteiger partial charge in [-0.05, 0) is 36.0 Å². The Morgan fingerprint density at radius 1 is 1.12 bits per heavy atom. The van der Waals surface area contributed by atoms with Crippen molar-refractivity contribution in [2.75, 3.05) is 18.0 Å². The van der Waals surface area contributed by atoms with Crippen molar-refractivity contribution in [3.63, 3.8) is 0 Å². The first-order valence-corrected chi connectivity index (χ1v) is 6.07. The van der Waals surface area contributed by atoms with Crippen LogP contribution in [-0.2, 0) is 5.41 Å². The summed E-state index contributed by atoms with van der Waals surface area (Å²) in [6.45, 7) is 8.75. The number of phenols is 1. The van der Waals surface area contributed by atoms with Gasteiger partial charge in [0.05, 0.1) is 5.69 Å². The Kier molecular flexibility index (Phi) is 2.83. The molecule has 1 N–H and O–H groups in total. The fraction of sp³-hybridized carbons (Fsp3) is 0.571. The molecule has 1 aliphatic rings. The first-order valence-electron chi connectivity index (χ1n) is 6.07. The highest BCUT2D eigenvalue weighted by atomic mass is 16.3. The van der Waals surface area contributed by atoms with E-state index in [2.05, 4.69) is 31.7 Å². The summed E-state index contributed by atoms with van der Waals surface area (Å²) in [4.78, 5) is 2.28. The maximum atomic E-state index is 9.92. The van der Waals surface area contributed by atoms with Crippen molar-refractivity contribution in [3.05, 3.63) is 23.8 Å². The monoisotopic (exact) mass is 219 g/mol. The molecule has 0 saturated carbocycles. The van der Waals surface area contributed by atoms with Gasteiger partial charge in [0, 0.05) is 13.1 Å². The third-order valence-electron chi connectivity index (χ3n) is 3.29. The van der Waals surface area contributed by atoms with Gasteiger partial charge < -0.3 is 10.0 Å². The molecule has 1 fully saturated rings. The van der Waals surface area contributed by atoms with Gasteiger partial charge in [-0.3, -0.25) is 0 Å². The number of benzene rings is 1. The van der Waals surface area contributed by atoms with Crippen LogP contribution in [0.15, 0.2) is 18.2 Å². The summed E-state index contributed by atoms with van der Waals surface area (Å²) in [7, 11) is 0. The number of anilines is 1. The van der Waals surface area contributed by atoms with Crippen molar-refractivity contribution in [2.45, 2.75) is 39.0 Å². The summed E-state index contributed by atoms with van der Waals surface area (Å²) in [5.74, 6) is 0.412. The van der Waals surface area contributed by atoms with Crippen molar-refractivity contribution < 1.29 is 5.11 Å². The molecule has 0 atom stereocenters. The fourth-order valence-electron chi connectivity index (χ4n) is 2.20. The predicted molar refractivity (Wildman–Crippen MR) is 68.3 cm³/mol. The minimum atomic E-state index is 0.141. The zero-order chi connectivity index (χ0) is 11.8. The molecular weight excluding hydrogens is 198 g/mol. The minimum absolute atomic E-state index is 0.141. The lowest BCUT2D eigenvalue weighted by molar-refractivity contribution is 0.473. The van der Waals surface area contributed by atoms with E-state index in [-0.39, 0.29) is 5.41 Å². The van der Waals surface area contributed by atoms with Gasteiger partial charge in [-0.1, -0.05) is 26.8 Å². The highest BCUT2D eigenvalue weighted by Crippen LogP contribution is 2.34. The Labute approximate surface area is 97.9 Å². The van der Waals surface area contributed by atoms with Gasteiger partial charge in [-0.15, -0.1) is 0 Å². The molecule has 2 heteroatoms. The van der Waals surface area contributed by atoms with E-state index in [9.17, 15) is 5.11 Å². The maximum absolute atomic E-state index is 9.92. The summed E-state index contributed by atoms with van der Waals surface area (Å²) in [6, 6.07) is 5.99. The van der Waals surface area contributed by atoms with Crippen molar-refractivity contribution in [3.8, 4) is 5.75 Å². The first-order chi connectivity index (χ1) is 7.48. The van der Waals surface area contributed by atoms with Crippen LogP contribution in [0, 0.1) is 0 Å². The van der Waals surface area contributed by atoms with Gasteiger partial charge in [-0.2, -0.15) is 0 Å². The molecule has 1 aliphatic heterocycles. The van der Waals surface area contributed by atoms with E-state index in [4.69, 9.17) is 0 Å². The molecule has 1 saturated heterocycles. The summed E-state index contributed by atoms with van der Waals surface area (Å²) >= 11 is 0. The zero-order valence-electron chi connectivity index (χ0n) is 10.5. The van der Waals surface area contributed by atoms with E-state index >= 15 is 0 Å². The Bertz CT molecular complexity index is 373. The largest absolute Gasteiger partial charge is 0.506 e. The van der Waals surface area contributed by atoms with E-state index in [1.165, 1.54) is 18.4 Å². The van der Waals surface area contributed by atoms with Crippen molar-refractivity contribution in [1.29, 1.82) is 0 Å². The summed E-state index contributed by atoms with van der Waals surface area (Å²) in [5, 5.41) is 9.92. The Balaban J connectivity index is 2.36. The summed E-state index contributed by atoms with van der Waals surface area (Å²) in [5.41, 5.74) is 2.43. The van der Waals surface area contributed by atoms with E-state index in [1.807, 2.05) is 12.1 Å². The molecule has 0 bridgehead atoms. The van der Waals surface area contributed by atoms with Crippen LogP contribution < -0.4 is 4.90 Å². The second-order valence-corrected chi connectivity index (χ2v) is 5.65. The quantitative estimate of drug-likeness (QED) is 0.783. The first kappa shape index (κ1) is 11.3. The van der Waals surface area contributed by atoms with Crippen LogP contribution in [0.5, 0.6) is 5.75 Å². The zero-order valence-corrected chi connectivity index (χ0v) is 10.5. The lowest BCUT2D eigenvalue weighted by Crippen LogP contribution is -2.19. The lowest BCUT2D eigenvalue weighted by Gasteiger charge is -2.24. The van der Waals surface area contributed by atoms with Gasteiger partial charge in [0.15, 0.2) is 0 Å². The molecule has 1 aromatic rings. The summed E-state index contributed by atoms with van der Waals surface area (Å²) < 4.78 is 0. The Morgan fingerprint density at radius 3 is 2.31 bits per heavy atom. The molecule has 1 heterocycles. The van der Waals surface area contributed by atoms with Crippen LogP contribution in [0.4, 0.5) is 5.69 Å². The number of hydrogen-bond donors (Lipinski definition) is 1. The molecule has 0 aliphatic carbocycles. The molecule has 88 valence electrons. The molecule has 16 heavy (non-hydrogen) atoms. The van der Waals surface area contributed by atoms with Gasteiger partial charge in [0.25, 0.3) is 0 Å². The number of nitrogens with zero attached hydrogens (tertiary/aromatic N) is 1. The van der Waals surface area contributed by atoms with Gasteiger partial charge in [0.2, 0.25) is 0 Å². The van der Waals surface area contributed by atoms with Crippen molar-refractivity contribution >= 4 is 5.69 Å². The second kappa shape index (κ2) is 4.00. The highest BCUT2D eigenvalue weighted by Gasteiger charge is 2.19. The summed E-state index contributed by atoms with van der Waals surface area (Å²) in [6.07, 6.45) is 2.47. The minimum Gasteiger partial charge on any atom is -0.506 e. The Hall–Kier alpha value is -1.18. The van der Waals surface area contributed by atoms with Gasteiger partial charge in [0.1, 0.15) is 5.75 Å². The topological polar surface area (TPSA) is 23.5 Å². The van der Waals surface area contributed by atoms with Crippen LogP contribution in [0.25, 0.3) is 0 Å². The van der Waals surface area contributed by atoms with Crippen molar-refractivity contribution in [2.24, 2.45) is 0 Å². The normalized spacial score (nSPS) is 16.8. The van der Waals surface area contributed by atoms with Crippen LogP contribution in [0.2, 0.25) is 0 Å². The Morgan fingerprint density at radius 2 is 1.75 bits per heavy atom. The third-order valence-corrected chi connectivity index (χ3v) is 3.29. The standard InChI is InChI=1S/C14H21NO/c1-14(2,3)11-6-7-13(16)12(10-11)15-8-4-5-9-15/h6-7,10,16H,4-5,8-9H2,1-3H3. The number of hydrogen-bond acceptors (Lipinski definition) is 2. The van der Waals surface area contributed by atoms with Gasteiger partial charge >= 0.3 is 0 Å². The number of phenolic OH excluding ortho intramolecular Hbond substituents is 1. The maximum Gasteiger partial charge on any atom is 0.138 e. The number of aromatic hydroxyl groups is 1. The smallest absolute Gasteiger partial charge is 0.138 e. The van der Waals surface area contributed by atoms with E-state index in [0.717, 1.165) is 18.8 Å². The van der Waals surface area contributed by atoms with Crippen LogP contribution in [0.3, 0.4) is 0 Å². The van der Waals surface area contributed by atoms with E-state index in [0.29, 0.717) is 5.75 Å². The molecule has 0 aromatic heterocycles. The van der Waals surface area contributed by atoms with Crippen molar-refractivity contribution in [1.82, 2.24) is 0 Å². The van der Waals surface area contributed by atoms with E-state index < -0.39 is 0 Å². The van der Waals surface area contributed by atoms with Crippen LogP contribution in [-0.4, -0.2) is 18.2 Å². The molecule has 2 nitrogen and oxygen atoms in total. The number of rotatable bonds is 1. The third kappa shape index (κ3) is 2.16. The average molecular weight is 219 g/mol. The second-order valence-electron chi connectivity index (χ2n) is 5.65. The molecule has 1 aromatic carbocycles. The predicted octanol–water partition coefficient (Wildman–Crippen LogP) is 3.29. The molecule has 0 unspecified atom stereocenters.